The van der Waals surface area contributed by atoms with Crippen molar-refractivity contribution in [3.8, 4) is 0 Å². The Labute approximate surface area is 86.8 Å². The summed E-state index contributed by atoms with van der Waals surface area (Å²) < 4.78 is 38.8. The van der Waals surface area contributed by atoms with Crippen LogP contribution >= 0.6 is 0 Å². The molecule has 0 heterocycles. The standard InChI is InChI=1S/C9H17F2NOS/c1-8(2,3)14(13)12-6-7-4-9(10,11)5-7/h7,12H,4-6H2,1-3H3. The molecule has 0 aliphatic heterocycles. The number of rotatable bonds is 3. The van der Waals surface area contributed by atoms with Crippen LogP contribution in [0.15, 0.2) is 0 Å². The van der Waals surface area contributed by atoms with E-state index in [-0.39, 0.29) is 23.5 Å². The Bertz CT molecular complexity index is 197. The van der Waals surface area contributed by atoms with E-state index < -0.39 is 17.3 Å². The molecule has 1 aliphatic carbocycles. The number of halogens is 2. The Morgan fingerprint density at radius 3 is 2.29 bits per heavy atom. The van der Waals surface area contributed by atoms with Crippen LogP contribution in [-0.2, 0) is 11.4 Å². The summed E-state index contributed by atoms with van der Waals surface area (Å²) in [6, 6.07) is 0. The van der Waals surface area contributed by atoms with Crippen molar-refractivity contribution in [1.82, 2.24) is 4.72 Å². The summed E-state index contributed by atoms with van der Waals surface area (Å²) in [6.45, 7) is 5.99. The number of nitrogens with one attached hydrogen (secondary N) is 1. The third-order valence-corrected chi connectivity index (χ3v) is 3.78. The van der Waals surface area contributed by atoms with Gasteiger partial charge in [-0.25, -0.2) is 8.78 Å². The summed E-state index contributed by atoms with van der Waals surface area (Å²) in [7, 11) is 0. The maximum absolute atomic E-state index is 12.4. The first-order valence-electron chi connectivity index (χ1n) is 4.74. The molecule has 0 aromatic heterocycles. The van der Waals surface area contributed by atoms with Crippen LogP contribution < -0.4 is 4.72 Å². The molecule has 1 N–H and O–H groups in total. The van der Waals surface area contributed by atoms with Crippen LogP contribution in [0, 0.1) is 5.92 Å². The Balaban J connectivity index is 2.17. The molecule has 1 rings (SSSR count). The highest BCUT2D eigenvalue weighted by atomic mass is 32.2. The van der Waals surface area contributed by atoms with Crippen molar-refractivity contribution >= 4 is 11.4 Å². The molecule has 1 atom stereocenters. The molecule has 0 amide bonds. The Morgan fingerprint density at radius 2 is 1.93 bits per heavy atom. The molecular weight excluding hydrogens is 208 g/mol. The second-order valence-electron chi connectivity index (χ2n) is 4.86. The van der Waals surface area contributed by atoms with Crippen molar-refractivity contribution in [2.24, 2.45) is 5.92 Å². The van der Waals surface area contributed by atoms with Crippen molar-refractivity contribution in [3.05, 3.63) is 0 Å². The first-order valence-corrected chi connectivity index (χ1v) is 5.89. The van der Waals surface area contributed by atoms with Crippen LogP contribution in [-0.4, -0.2) is 21.8 Å². The smallest absolute Gasteiger partial charge is 0.248 e. The lowest BCUT2D eigenvalue weighted by molar-refractivity contribution is -0.108. The predicted octanol–water partition coefficient (Wildman–Crippen LogP) is 2.08. The molecule has 1 saturated carbocycles. The van der Waals surface area contributed by atoms with E-state index in [4.69, 9.17) is 0 Å². The summed E-state index contributed by atoms with van der Waals surface area (Å²) in [5.74, 6) is -2.49. The zero-order chi connectivity index (χ0) is 11.0. The summed E-state index contributed by atoms with van der Waals surface area (Å²) in [6.07, 6.45) is -0.136. The topological polar surface area (TPSA) is 35.1 Å². The van der Waals surface area contributed by atoms with Gasteiger partial charge in [-0.3, -0.25) is 0 Å². The molecular formula is C9H17F2NOS. The van der Waals surface area contributed by atoms with Crippen LogP contribution in [0.2, 0.25) is 0 Å². The third kappa shape index (κ3) is 3.37. The van der Waals surface area contributed by atoms with Gasteiger partial charge in [0, 0.05) is 30.7 Å². The maximum Gasteiger partial charge on any atom is 0.248 e. The quantitative estimate of drug-likeness (QED) is 0.746. The monoisotopic (exact) mass is 225 g/mol. The van der Waals surface area contributed by atoms with Crippen molar-refractivity contribution in [2.45, 2.75) is 44.3 Å². The molecule has 14 heavy (non-hydrogen) atoms. The Morgan fingerprint density at radius 1 is 1.43 bits per heavy atom. The molecule has 0 spiro atoms. The highest BCUT2D eigenvalue weighted by Gasteiger charge is 2.45. The SMILES string of the molecule is CC(C)(C)[S+]([O-])NCC1CC(F)(F)C1. The minimum Gasteiger partial charge on any atom is -0.598 e. The first kappa shape index (κ1) is 12.2. The van der Waals surface area contributed by atoms with Gasteiger partial charge in [0.1, 0.15) is 4.75 Å². The van der Waals surface area contributed by atoms with Crippen LogP contribution in [0.5, 0.6) is 0 Å². The van der Waals surface area contributed by atoms with E-state index in [1.54, 1.807) is 0 Å². The van der Waals surface area contributed by atoms with E-state index in [9.17, 15) is 13.3 Å². The fraction of sp³-hybridized carbons (Fsp3) is 1.00. The highest BCUT2D eigenvalue weighted by molar-refractivity contribution is 7.90. The van der Waals surface area contributed by atoms with Gasteiger partial charge in [0.15, 0.2) is 0 Å². The van der Waals surface area contributed by atoms with Gasteiger partial charge in [-0.2, -0.15) is 0 Å². The molecule has 2 nitrogen and oxygen atoms in total. The van der Waals surface area contributed by atoms with Crippen molar-refractivity contribution < 1.29 is 13.3 Å². The third-order valence-electron chi connectivity index (χ3n) is 2.23. The second kappa shape index (κ2) is 3.94. The average molecular weight is 225 g/mol. The summed E-state index contributed by atoms with van der Waals surface area (Å²) in [4.78, 5) is 0. The largest absolute Gasteiger partial charge is 0.598 e. The minimum absolute atomic E-state index is 0.0173. The summed E-state index contributed by atoms with van der Waals surface area (Å²) >= 11 is -1.15. The molecule has 5 heteroatoms. The fourth-order valence-electron chi connectivity index (χ4n) is 1.34. The van der Waals surface area contributed by atoms with Gasteiger partial charge < -0.3 is 4.55 Å². The predicted molar refractivity (Wildman–Crippen MR) is 53.6 cm³/mol. The van der Waals surface area contributed by atoms with Gasteiger partial charge >= 0.3 is 0 Å². The van der Waals surface area contributed by atoms with Crippen LogP contribution in [0.4, 0.5) is 8.78 Å². The van der Waals surface area contributed by atoms with Crippen LogP contribution in [0.1, 0.15) is 33.6 Å². The fourth-order valence-corrected chi connectivity index (χ4v) is 2.16. The zero-order valence-corrected chi connectivity index (χ0v) is 9.59. The molecule has 1 fully saturated rings. The maximum atomic E-state index is 12.4. The van der Waals surface area contributed by atoms with E-state index in [1.807, 2.05) is 20.8 Å². The van der Waals surface area contributed by atoms with Gasteiger partial charge in [-0.15, -0.1) is 4.72 Å². The molecule has 84 valence electrons. The molecule has 1 unspecified atom stereocenters. The molecule has 0 radical (unpaired) electrons. The van der Waals surface area contributed by atoms with Gasteiger partial charge in [-0.1, -0.05) is 0 Å². The first-order chi connectivity index (χ1) is 6.21. The lowest BCUT2D eigenvalue weighted by atomic mass is 9.82. The Kier molecular flexibility index (Phi) is 3.44. The molecule has 0 aromatic carbocycles. The molecule has 0 bridgehead atoms. The number of hydrogen-bond donors (Lipinski definition) is 1. The van der Waals surface area contributed by atoms with E-state index in [1.165, 1.54) is 0 Å². The van der Waals surface area contributed by atoms with E-state index in [0.717, 1.165) is 0 Å². The molecule has 0 saturated heterocycles. The van der Waals surface area contributed by atoms with E-state index in [0.29, 0.717) is 6.54 Å². The number of alkyl halides is 2. The molecule has 1 aliphatic rings. The van der Waals surface area contributed by atoms with E-state index >= 15 is 0 Å². The highest BCUT2D eigenvalue weighted by Crippen LogP contribution is 2.41. The van der Waals surface area contributed by atoms with Crippen molar-refractivity contribution in [3.63, 3.8) is 0 Å². The van der Waals surface area contributed by atoms with Crippen LogP contribution in [0.25, 0.3) is 0 Å². The van der Waals surface area contributed by atoms with Gasteiger partial charge in [-0.05, 0) is 26.7 Å². The second-order valence-corrected chi connectivity index (χ2v) is 6.91. The normalized spacial score (nSPS) is 24.4. The lowest BCUT2D eigenvalue weighted by Gasteiger charge is -2.35. The van der Waals surface area contributed by atoms with Gasteiger partial charge in [0.2, 0.25) is 5.92 Å². The lowest BCUT2D eigenvalue weighted by Crippen LogP contribution is -2.46. The molecule has 0 aromatic rings. The van der Waals surface area contributed by atoms with Gasteiger partial charge in [0.05, 0.1) is 0 Å². The van der Waals surface area contributed by atoms with E-state index in [2.05, 4.69) is 4.72 Å². The average Bonchev–Trinajstić information content (AvgIpc) is 1.93. The van der Waals surface area contributed by atoms with Crippen molar-refractivity contribution in [1.29, 1.82) is 0 Å². The zero-order valence-electron chi connectivity index (χ0n) is 8.77. The van der Waals surface area contributed by atoms with Crippen molar-refractivity contribution in [2.75, 3.05) is 6.54 Å². The summed E-state index contributed by atoms with van der Waals surface area (Å²) in [5.41, 5.74) is 0. The van der Waals surface area contributed by atoms with Crippen LogP contribution in [0.3, 0.4) is 0 Å². The van der Waals surface area contributed by atoms with Gasteiger partial charge in [0.25, 0.3) is 0 Å². The summed E-state index contributed by atoms with van der Waals surface area (Å²) in [5, 5.41) is 0. The Hall–Kier alpha value is 0.130. The number of hydrogen-bond acceptors (Lipinski definition) is 2. The minimum atomic E-state index is -2.48.